The lowest BCUT2D eigenvalue weighted by Crippen LogP contribution is -2.26. The molecule has 5 rings (SSSR count). The molecule has 0 bridgehead atoms. The molecular weight excluding hydrogens is 446 g/mol. The number of nitrogens with zero attached hydrogens (tertiary/aromatic N) is 3. The highest BCUT2D eigenvalue weighted by atomic mass is 32.2. The number of aliphatic imine (C=N–C) groups is 1. The third kappa shape index (κ3) is 4.72. The van der Waals surface area contributed by atoms with E-state index in [0.717, 1.165) is 68.3 Å². The van der Waals surface area contributed by atoms with Crippen LogP contribution in [0.25, 0.3) is 11.1 Å². The van der Waals surface area contributed by atoms with Gasteiger partial charge in [-0.3, -0.25) is 0 Å². The fourth-order valence-electron chi connectivity index (χ4n) is 5.71. The van der Waals surface area contributed by atoms with Gasteiger partial charge in [-0.05, 0) is 78.8 Å². The van der Waals surface area contributed by atoms with Crippen LogP contribution in [0.4, 0.5) is 0 Å². The number of amidine groups is 1. The predicted octanol–water partition coefficient (Wildman–Crippen LogP) is 4.93. The minimum atomic E-state index is -4.01. The number of rotatable bonds is 5. The fraction of sp³-hybridized carbons (Fsp3) is 0.500. The van der Waals surface area contributed by atoms with Crippen LogP contribution < -0.4 is 10.5 Å². The highest BCUT2D eigenvalue weighted by Crippen LogP contribution is 2.42. The number of nitrogens with two attached hydrogens (primary N) is 1. The van der Waals surface area contributed by atoms with Gasteiger partial charge in [0.05, 0.1) is 4.90 Å². The zero-order valence-electron chi connectivity index (χ0n) is 19.7. The van der Waals surface area contributed by atoms with Crippen LogP contribution in [0, 0.1) is 5.92 Å². The van der Waals surface area contributed by atoms with Crippen LogP contribution in [0.5, 0.6) is 0 Å². The fourth-order valence-corrected chi connectivity index (χ4v) is 6.76. The summed E-state index contributed by atoms with van der Waals surface area (Å²) in [5.74, 6) is 1.74. The molecule has 3 aliphatic rings. The Labute approximate surface area is 202 Å². The van der Waals surface area contributed by atoms with E-state index in [-0.39, 0.29) is 17.5 Å². The van der Waals surface area contributed by atoms with Gasteiger partial charge < -0.3 is 5.32 Å². The van der Waals surface area contributed by atoms with Crippen LogP contribution in [0.1, 0.15) is 74.0 Å². The Morgan fingerprint density at radius 3 is 2.24 bits per heavy atom. The molecule has 8 heteroatoms. The Kier molecular flexibility index (Phi) is 6.64. The first-order valence-electron chi connectivity index (χ1n) is 12.3. The van der Waals surface area contributed by atoms with Gasteiger partial charge in [-0.2, -0.15) is 5.11 Å². The maximum atomic E-state index is 13.0. The first-order chi connectivity index (χ1) is 16.4. The molecule has 2 fully saturated rings. The van der Waals surface area contributed by atoms with E-state index in [1.54, 1.807) is 0 Å². The van der Waals surface area contributed by atoms with Crippen LogP contribution in [0.2, 0.25) is 0 Å². The van der Waals surface area contributed by atoms with Crippen LogP contribution in [0.15, 0.2) is 56.5 Å². The standard InChI is InChI=1S/C26H33N5O2S/c1-17-2-4-21(5-3-17)23-11-10-22(24(25(23)34(27,32)33)26-29-16-30-31-26)20-8-6-18(7-9-20)19-12-14-28-15-13-19/h6-11,17,19,21,28H,2-5,12-16H2,1H3,(H2,27,32,33). The van der Waals surface area contributed by atoms with Gasteiger partial charge >= 0.3 is 0 Å². The second-order valence-corrected chi connectivity index (χ2v) is 11.4. The number of sulfonamides is 1. The lowest BCUT2D eigenvalue weighted by atomic mass is 9.78. The van der Waals surface area contributed by atoms with Crippen molar-refractivity contribution in [2.75, 3.05) is 19.8 Å². The zero-order chi connectivity index (χ0) is 23.7. The molecule has 2 aromatic rings. The second-order valence-electron chi connectivity index (χ2n) is 9.92. The first kappa shape index (κ1) is 23.3. The average molecular weight is 480 g/mol. The van der Waals surface area contributed by atoms with Gasteiger partial charge in [-0.15, -0.1) is 5.11 Å². The predicted molar refractivity (Wildman–Crippen MR) is 135 cm³/mol. The summed E-state index contributed by atoms with van der Waals surface area (Å²) in [6.45, 7) is 4.55. The minimum Gasteiger partial charge on any atom is -0.317 e. The molecule has 1 saturated heterocycles. The smallest absolute Gasteiger partial charge is 0.239 e. The largest absolute Gasteiger partial charge is 0.317 e. The van der Waals surface area contributed by atoms with E-state index in [4.69, 9.17) is 5.14 Å². The molecule has 1 aliphatic carbocycles. The van der Waals surface area contributed by atoms with Crippen molar-refractivity contribution in [3.8, 4) is 11.1 Å². The lowest BCUT2D eigenvalue weighted by molar-refractivity contribution is 0.345. The van der Waals surface area contributed by atoms with Gasteiger partial charge in [0.1, 0.15) is 0 Å². The van der Waals surface area contributed by atoms with E-state index in [2.05, 4.69) is 51.7 Å². The van der Waals surface area contributed by atoms with Crippen molar-refractivity contribution in [1.82, 2.24) is 5.32 Å². The summed E-state index contributed by atoms with van der Waals surface area (Å²) in [5.41, 5.74) is 4.34. The van der Waals surface area contributed by atoms with Crippen LogP contribution >= 0.6 is 0 Å². The molecule has 0 aromatic heterocycles. The Hall–Kier alpha value is -2.42. The Morgan fingerprint density at radius 2 is 1.62 bits per heavy atom. The Balaban J connectivity index is 1.62. The van der Waals surface area contributed by atoms with E-state index < -0.39 is 10.0 Å². The van der Waals surface area contributed by atoms with Crippen molar-refractivity contribution in [2.24, 2.45) is 26.3 Å². The third-order valence-corrected chi connectivity index (χ3v) is 8.64. The number of hydrogen-bond acceptors (Lipinski definition) is 6. The van der Waals surface area contributed by atoms with Crippen molar-refractivity contribution in [3.63, 3.8) is 0 Å². The molecular formula is C26H33N5O2S. The monoisotopic (exact) mass is 479 g/mol. The van der Waals surface area contributed by atoms with Gasteiger partial charge in [0.15, 0.2) is 12.5 Å². The number of benzene rings is 2. The molecule has 0 unspecified atom stereocenters. The lowest BCUT2D eigenvalue weighted by Gasteiger charge is -2.29. The zero-order valence-corrected chi connectivity index (χ0v) is 20.5. The Morgan fingerprint density at radius 1 is 0.912 bits per heavy atom. The molecule has 0 spiro atoms. The van der Waals surface area contributed by atoms with Crippen LogP contribution in [-0.2, 0) is 10.0 Å². The highest BCUT2D eigenvalue weighted by molar-refractivity contribution is 7.89. The van der Waals surface area contributed by atoms with E-state index in [0.29, 0.717) is 23.2 Å². The molecule has 2 heterocycles. The summed E-state index contributed by atoms with van der Waals surface area (Å²) >= 11 is 0. The maximum Gasteiger partial charge on any atom is 0.239 e. The number of azo groups is 1. The molecule has 7 nitrogen and oxygen atoms in total. The maximum absolute atomic E-state index is 13.0. The minimum absolute atomic E-state index is 0.165. The van der Waals surface area contributed by atoms with Gasteiger partial charge in [0.25, 0.3) is 0 Å². The van der Waals surface area contributed by atoms with E-state index in [9.17, 15) is 8.42 Å². The first-order valence-corrected chi connectivity index (χ1v) is 13.9. The van der Waals surface area contributed by atoms with Crippen LogP contribution in [-0.4, -0.2) is 34.0 Å². The second kappa shape index (κ2) is 9.68. The van der Waals surface area contributed by atoms with Gasteiger partial charge in [0, 0.05) is 5.56 Å². The Bertz CT molecular complexity index is 1210. The van der Waals surface area contributed by atoms with Crippen molar-refractivity contribution >= 4 is 15.9 Å². The summed E-state index contributed by atoms with van der Waals surface area (Å²) in [5, 5.41) is 17.5. The molecule has 0 amide bonds. The van der Waals surface area contributed by atoms with E-state index >= 15 is 0 Å². The van der Waals surface area contributed by atoms with E-state index in [1.165, 1.54) is 5.56 Å². The molecule has 1 saturated carbocycles. The van der Waals surface area contributed by atoms with Gasteiger partial charge in [-0.25, -0.2) is 18.5 Å². The normalized spacial score (nSPS) is 23.8. The quantitative estimate of drug-likeness (QED) is 0.634. The molecule has 0 radical (unpaired) electrons. The van der Waals surface area contributed by atoms with Crippen molar-refractivity contribution in [3.05, 3.63) is 53.1 Å². The number of hydrogen-bond donors (Lipinski definition) is 2. The number of primary sulfonamides is 1. The van der Waals surface area contributed by atoms with Crippen LogP contribution in [0.3, 0.4) is 0 Å². The van der Waals surface area contributed by atoms with Crippen molar-refractivity contribution in [2.45, 2.75) is 62.2 Å². The summed E-state index contributed by atoms with van der Waals surface area (Å²) in [7, 11) is -4.01. The number of piperidine rings is 1. The summed E-state index contributed by atoms with van der Waals surface area (Å²) in [4.78, 5) is 4.58. The molecule has 3 N–H and O–H groups in total. The topological polar surface area (TPSA) is 109 Å². The third-order valence-electron chi connectivity index (χ3n) is 7.63. The molecule has 180 valence electrons. The molecule has 34 heavy (non-hydrogen) atoms. The summed E-state index contributed by atoms with van der Waals surface area (Å²) in [6.07, 6.45) is 6.36. The van der Waals surface area contributed by atoms with Gasteiger partial charge in [0.2, 0.25) is 10.0 Å². The average Bonchev–Trinajstić information content (AvgIpc) is 3.39. The highest BCUT2D eigenvalue weighted by Gasteiger charge is 2.31. The SMILES string of the molecule is CC1CCC(c2ccc(-c3ccc(C4CCNCC4)cc3)c(C3=NCN=N3)c2S(N)(=O)=O)CC1. The van der Waals surface area contributed by atoms with E-state index in [1.807, 2.05) is 12.1 Å². The molecule has 0 atom stereocenters. The number of nitrogens with one attached hydrogen (secondary N) is 1. The summed E-state index contributed by atoms with van der Waals surface area (Å²) in [6, 6.07) is 12.5. The molecule has 2 aromatic carbocycles. The van der Waals surface area contributed by atoms with Gasteiger partial charge in [-0.1, -0.05) is 56.2 Å². The summed E-state index contributed by atoms with van der Waals surface area (Å²) < 4.78 is 26.1. The van der Waals surface area contributed by atoms with Crippen molar-refractivity contribution < 1.29 is 8.42 Å². The van der Waals surface area contributed by atoms with Crippen molar-refractivity contribution in [1.29, 1.82) is 0 Å². The molecule has 2 aliphatic heterocycles.